The van der Waals surface area contributed by atoms with Crippen LogP contribution in [0.15, 0.2) is 48.8 Å². The van der Waals surface area contributed by atoms with Crippen molar-refractivity contribution in [2.75, 3.05) is 13.1 Å². The largest absolute Gasteiger partial charge is 0.339 e. The molecule has 3 rings (SSSR count). The van der Waals surface area contributed by atoms with Gasteiger partial charge in [-0.25, -0.2) is 9.67 Å². The van der Waals surface area contributed by atoms with E-state index in [1.807, 2.05) is 40.8 Å². The fraction of sp³-hybridized carbons (Fsp3) is 0.409. The van der Waals surface area contributed by atoms with E-state index in [4.69, 9.17) is 0 Å². The molecule has 2 aromatic heterocycles. The molecule has 0 unspecified atom stereocenters. The molecule has 3 aromatic rings. The lowest BCUT2D eigenvalue weighted by molar-refractivity contribution is 0.0734. The van der Waals surface area contributed by atoms with Gasteiger partial charge in [0.05, 0.1) is 18.3 Å². The molecular formula is C22H28N4O. The number of carbonyl (C=O) groups is 1. The number of nitrogens with zero attached hydrogens (tertiary/aromatic N) is 4. The second-order valence-electron chi connectivity index (χ2n) is 6.95. The van der Waals surface area contributed by atoms with E-state index in [0.717, 1.165) is 30.4 Å². The van der Waals surface area contributed by atoms with Crippen LogP contribution in [-0.2, 0) is 6.54 Å². The minimum Gasteiger partial charge on any atom is -0.339 e. The van der Waals surface area contributed by atoms with Crippen molar-refractivity contribution in [2.24, 2.45) is 5.92 Å². The predicted octanol–water partition coefficient (Wildman–Crippen LogP) is 4.38. The predicted molar refractivity (Wildman–Crippen MR) is 109 cm³/mol. The highest BCUT2D eigenvalue weighted by atomic mass is 16.2. The molecule has 0 atom stereocenters. The molecule has 2 heterocycles. The minimum absolute atomic E-state index is 0.0506. The third kappa shape index (κ3) is 4.35. The summed E-state index contributed by atoms with van der Waals surface area (Å²) in [5.41, 5.74) is 2.61. The third-order valence-corrected chi connectivity index (χ3v) is 5.20. The van der Waals surface area contributed by atoms with Gasteiger partial charge in [-0.1, -0.05) is 57.0 Å². The van der Waals surface area contributed by atoms with Gasteiger partial charge >= 0.3 is 0 Å². The Balaban J connectivity index is 1.81. The maximum atomic E-state index is 12.9. The molecule has 5 heteroatoms. The van der Waals surface area contributed by atoms with Gasteiger partial charge in [0, 0.05) is 24.7 Å². The van der Waals surface area contributed by atoms with Crippen molar-refractivity contribution in [1.29, 1.82) is 0 Å². The van der Waals surface area contributed by atoms with E-state index in [-0.39, 0.29) is 5.91 Å². The fourth-order valence-corrected chi connectivity index (χ4v) is 3.36. The molecule has 0 aliphatic heterocycles. The van der Waals surface area contributed by atoms with E-state index < -0.39 is 0 Å². The topological polar surface area (TPSA) is 51.0 Å². The zero-order valence-electron chi connectivity index (χ0n) is 16.4. The Hall–Kier alpha value is -2.69. The van der Waals surface area contributed by atoms with Crippen LogP contribution in [-0.4, -0.2) is 38.7 Å². The number of hydrogen-bond acceptors (Lipinski definition) is 3. The third-order valence-electron chi connectivity index (χ3n) is 5.20. The molecule has 5 nitrogen and oxygen atoms in total. The number of benzene rings is 1. The molecule has 142 valence electrons. The van der Waals surface area contributed by atoms with Crippen molar-refractivity contribution in [3.05, 3.63) is 59.9 Å². The van der Waals surface area contributed by atoms with Gasteiger partial charge in [-0.2, -0.15) is 5.10 Å². The Morgan fingerprint density at radius 3 is 2.52 bits per heavy atom. The van der Waals surface area contributed by atoms with Crippen LogP contribution >= 0.6 is 0 Å². The molecule has 0 spiro atoms. The van der Waals surface area contributed by atoms with Gasteiger partial charge in [0.15, 0.2) is 5.65 Å². The molecule has 0 saturated heterocycles. The van der Waals surface area contributed by atoms with Crippen LogP contribution in [0, 0.1) is 5.92 Å². The van der Waals surface area contributed by atoms with Gasteiger partial charge in [0.25, 0.3) is 5.91 Å². The number of rotatable bonds is 8. The smallest absolute Gasteiger partial charge is 0.255 e. The molecule has 0 N–H and O–H groups in total. The van der Waals surface area contributed by atoms with Gasteiger partial charge in [0.2, 0.25) is 0 Å². The number of aromatic nitrogens is 3. The van der Waals surface area contributed by atoms with Gasteiger partial charge in [-0.3, -0.25) is 4.79 Å². The van der Waals surface area contributed by atoms with Gasteiger partial charge in [-0.05, 0) is 24.5 Å². The summed E-state index contributed by atoms with van der Waals surface area (Å²) in [5, 5.41) is 5.36. The molecule has 0 aliphatic rings. The summed E-state index contributed by atoms with van der Waals surface area (Å²) in [7, 11) is 0. The zero-order valence-corrected chi connectivity index (χ0v) is 16.4. The average Bonchev–Trinajstić information content (AvgIpc) is 3.11. The first-order valence-electron chi connectivity index (χ1n) is 9.81. The Morgan fingerprint density at radius 1 is 1.11 bits per heavy atom. The number of carbonyl (C=O) groups excluding carboxylic acids is 1. The molecule has 1 amide bonds. The lowest BCUT2D eigenvalue weighted by Gasteiger charge is -2.25. The minimum atomic E-state index is 0.0506. The Bertz CT molecular complexity index is 884. The van der Waals surface area contributed by atoms with Crippen LogP contribution in [0.2, 0.25) is 0 Å². The number of fused-ring (bicyclic) bond motifs is 1. The van der Waals surface area contributed by atoms with Crippen molar-refractivity contribution < 1.29 is 4.79 Å². The van der Waals surface area contributed by atoms with Gasteiger partial charge in [-0.15, -0.1) is 0 Å². The summed E-state index contributed by atoms with van der Waals surface area (Å²) in [6.07, 6.45) is 5.65. The summed E-state index contributed by atoms with van der Waals surface area (Å²) in [6, 6.07) is 12.1. The van der Waals surface area contributed by atoms with E-state index in [1.165, 1.54) is 5.56 Å². The fourth-order valence-electron chi connectivity index (χ4n) is 3.36. The van der Waals surface area contributed by atoms with Crippen LogP contribution in [0.5, 0.6) is 0 Å². The van der Waals surface area contributed by atoms with Gasteiger partial charge in [0.1, 0.15) is 0 Å². The molecule has 0 fully saturated rings. The Kier molecular flexibility index (Phi) is 6.22. The number of hydrogen-bond donors (Lipinski definition) is 0. The highest BCUT2D eigenvalue weighted by Crippen LogP contribution is 2.17. The quantitative estimate of drug-likeness (QED) is 0.596. The number of amides is 1. The number of pyridine rings is 1. The molecule has 0 radical (unpaired) electrons. The molecule has 0 aliphatic carbocycles. The monoisotopic (exact) mass is 364 g/mol. The van der Waals surface area contributed by atoms with E-state index in [2.05, 4.69) is 36.1 Å². The van der Waals surface area contributed by atoms with Crippen LogP contribution in [0.25, 0.3) is 11.0 Å². The first kappa shape index (κ1) is 19.1. The van der Waals surface area contributed by atoms with Crippen molar-refractivity contribution in [3.8, 4) is 0 Å². The van der Waals surface area contributed by atoms with E-state index in [9.17, 15) is 4.79 Å². The maximum absolute atomic E-state index is 12.9. The van der Waals surface area contributed by atoms with Crippen molar-refractivity contribution >= 4 is 16.9 Å². The average molecular weight is 364 g/mol. The zero-order chi connectivity index (χ0) is 19.2. The first-order chi connectivity index (χ1) is 13.2. The molecule has 27 heavy (non-hydrogen) atoms. The van der Waals surface area contributed by atoms with Crippen LogP contribution in [0.1, 0.15) is 49.5 Å². The Labute approximate surface area is 161 Å². The molecule has 0 bridgehead atoms. The van der Waals surface area contributed by atoms with Crippen LogP contribution in [0.4, 0.5) is 0 Å². The summed E-state index contributed by atoms with van der Waals surface area (Å²) in [5.74, 6) is 0.592. The van der Waals surface area contributed by atoms with Crippen molar-refractivity contribution in [2.45, 2.75) is 40.2 Å². The normalized spacial score (nSPS) is 11.3. The highest BCUT2D eigenvalue weighted by Gasteiger charge is 2.19. The summed E-state index contributed by atoms with van der Waals surface area (Å²) < 4.78 is 1.88. The first-order valence-corrected chi connectivity index (χ1v) is 9.81. The van der Waals surface area contributed by atoms with Crippen LogP contribution < -0.4 is 0 Å². The lowest BCUT2D eigenvalue weighted by atomic mass is 10.0. The van der Waals surface area contributed by atoms with E-state index in [1.54, 1.807) is 12.4 Å². The van der Waals surface area contributed by atoms with Gasteiger partial charge < -0.3 is 4.90 Å². The second-order valence-corrected chi connectivity index (χ2v) is 6.95. The maximum Gasteiger partial charge on any atom is 0.255 e. The highest BCUT2D eigenvalue weighted by molar-refractivity contribution is 5.96. The summed E-state index contributed by atoms with van der Waals surface area (Å²) in [4.78, 5) is 19.4. The van der Waals surface area contributed by atoms with E-state index in [0.29, 0.717) is 24.6 Å². The lowest BCUT2D eigenvalue weighted by Crippen LogP contribution is -2.35. The molecule has 1 aromatic carbocycles. The van der Waals surface area contributed by atoms with E-state index >= 15 is 0 Å². The SMILES string of the molecule is CCC(CC)CN(CC)C(=O)c1cnc2c(cnn2Cc2ccccc2)c1. The van der Waals surface area contributed by atoms with Crippen LogP contribution in [0.3, 0.4) is 0 Å². The molecule has 0 saturated carbocycles. The summed E-state index contributed by atoms with van der Waals surface area (Å²) >= 11 is 0. The van der Waals surface area contributed by atoms with Crippen molar-refractivity contribution in [1.82, 2.24) is 19.7 Å². The Morgan fingerprint density at radius 2 is 1.85 bits per heavy atom. The van der Waals surface area contributed by atoms with Crippen molar-refractivity contribution in [3.63, 3.8) is 0 Å². The summed E-state index contributed by atoms with van der Waals surface area (Å²) in [6.45, 7) is 8.57. The standard InChI is InChI=1S/C22H28N4O/c1-4-17(5-2)15-25(6-3)22(27)20-12-19-14-24-26(21(19)23-13-20)16-18-10-8-7-9-11-18/h7-14,17H,4-6,15-16H2,1-3H3. The second kappa shape index (κ2) is 8.80. The molecular weight excluding hydrogens is 336 g/mol.